The van der Waals surface area contributed by atoms with Gasteiger partial charge in [-0.2, -0.15) is 23.8 Å². The van der Waals surface area contributed by atoms with Crippen molar-refractivity contribution >= 4 is 34.1 Å². The van der Waals surface area contributed by atoms with Gasteiger partial charge in [0.2, 0.25) is 21.9 Å². The number of alkyl halides is 2. The lowest BCUT2D eigenvalue weighted by Gasteiger charge is -2.16. The summed E-state index contributed by atoms with van der Waals surface area (Å²) in [7, 11) is 1.39. The minimum absolute atomic E-state index is 0.0296. The molecule has 0 fully saturated rings. The van der Waals surface area contributed by atoms with Crippen LogP contribution in [0.25, 0.3) is 16.3 Å². The third-order valence-corrected chi connectivity index (χ3v) is 5.87. The van der Waals surface area contributed by atoms with Crippen LogP contribution in [0, 0.1) is 11.3 Å². The number of aromatic nitrogens is 4. The van der Waals surface area contributed by atoms with Crippen molar-refractivity contribution in [2.45, 2.75) is 13.5 Å². The van der Waals surface area contributed by atoms with E-state index in [0.29, 0.717) is 5.82 Å². The summed E-state index contributed by atoms with van der Waals surface area (Å²) < 4.78 is 47.8. The predicted octanol–water partition coefficient (Wildman–Crippen LogP) is 3.05. The molecule has 0 spiro atoms. The number of halogens is 2. The van der Waals surface area contributed by atoms with Gasteiger partial charge >= 0.3 is 12.2 Å². The quantitative estimate of drug-likeness (QED) is 0.246. The molecule has 0 aliphatic carbocycles. The van der Waals surface area contributed by atoms with Crippen molar-refractivity contribution in [2.24, 2.45) is 0 Å². The molecule has 2 amide bonds. The standard InChI is InChI=1S/C24H19F2N7O7S/c1-12(34)29-17-6-7-28-33(17)24-32-31-23(41-24)30-20(35)16-10-14(19(21(36)39-16)38-9-8-37-2)18-13(11-27)4-3-5-15(18)40-22(25)26/h3-7,10,22H,8-9H2,1-2H3,(H,29,34)(H,30,31,35). The summed E-state index contributed by atoms with van der Waals surface area (Å²) in [5, 5.41) is 26.7. The van der Waals surface area contributed by atoms with Crippen molar-refractivity contribution in [3.8, 4) is 33.8 Å². The maximum atomic E-state index is 13.2. The molecule has 0 atom stereocenters. The maximum absolute atomic E-state index is 13.2. The first kappa shape index (κ1) is 28.8. The first-order valence-electron chi connectivity index (χ1n) is 11.5. The Balaban J connectivity index is 1.73. The zero-order valence-corrected chi connectivity index (χ0v) is 22.0. The Morgan fingerprint density at radius 1 is 1.22 bits per heavy atom. The maximum Gasteiger partial charge on any atom is 0.387 e. The van der Waals surface area contributed by atoms with E-state index < -0.39 is 35.4 Å². The number of hydrogen-bond acceptors (Lipinski definition) is 12. The fraction of sp³-hybridized carbons (Fsp3) is 0.208. The highest BCUT2D eigenvalue weighted by molar-refractivity contribution is 7.17. The number of carbonyl (C=O) groups excluding carboxylic acids is 2. The normalized spacial score (nSPS) is 10.7. The third kappa shape index (κ3) is 6.69. The van der Waals surface area contributed by atoms with E-state index in [1.807, 2.05) is 6.07 Å². The Morgan fingerprint density at radius 2 is 2.02 bits per heavy atom. The summed E-state index contributed by atoms with van der Waals surface area (Å²) in [5.74, 6) is -2.44. The molecular weight excluding hydrogens is 568 g/mol. The van der Waals surface area contributed by atoms with E-state index in [1.54, 1.807) is 0 Å². The van der Waals surface area contributed by atoms with Crippen LogP contribution >= 0.6 is 11.3 Å². The number of rotatable bonds is 11. The minimum Gasteiger partial charge on any atom is -0.484 e. The molecule has 17 heteroatoms. The lowest BCUT2D eigenvalue weighted by Crippen LogP contribution is -2.18. The molecule has 0 unspecified atom stereocenters. The molecule has 2 N–H and O–H groups in total. The molecule has 212 valence electrons. The van der Waals surface area contributed by atoms with E-state index in [0.717, 1.165) is 17.4 Å². The Labute approximate surface area is 233 Å². The number of benzene rings is 1. The van der Waals surface area contributed by atoms with Crippen LogP contribution in [-0.4, -0.2) is 58.7 Å². The summed E-state index contributed by atoms with van der Waals surface area (Å²) in [6, 6.07) is 8.23. The molecule has 41 heavy (non-hydrogen) atoms. The Bertz CT molecular complexity index is 1680. The van der Waals surface area contributed by atoms with Crippen LogP contribution in [-0.2, 0) is 9.53 Å². The summed E-state index contributed by atoms with van der Waals surface area (Å²) in [6.45, 7) is -2.02. The molecule has 3 heterocycles. The molecule has 0 saturated heterocycles. The zero-order valence-electron chi connectivity index (χ0n) is 21.2. The van der Waals surface area contributed by atoms with Crippen molar-refractivity contribution < 1.29 is 37.0 Å². The van der Waals surface area contributed by atoms with Gasteiger partial charge in [0.25, 0.3) is 5.91 Å². The summed E-state index contributed by atoms with van der Waals surface area (Å²) in [6.07, 6.45) is 1.42. The van der Waals surface area contributed by atoms with E-state index in [-0.39, 0.29) is 46.1 Å². The van der Waals surface area contributed by atoms with E-state index in [9.17, 15) is 28.4 Å². The van der Waals surface area contributed by atoms with Gasteiger partial charge in [0, 0.05) is 31.2 Å². The highest BCUT2D eigenvalue weighted by Crippen LogP contribution is 2.39. The molecule has 4 aromatic rings. The van der Waals surface area contributed by atoms with Crippen molar-refractivity contribution in [1.82, 2.24) is 20.0 Å². The molecular formula is C24H19F2N7O7S. The number of methoxy groups -OCH3 is 1. The number of ether oxygens (including phenoxy) is 3. The van der Waals surface area contributed by atoms with Crippen molar-refractivity contribution in [1.29, 1.82) is 5.26 Å². The largest absolute Gasteiger partial charge is 0.484 e. The number of carbonyl (C=O) groups is 2. The zero-order chi connectivity index (χ0) is 29.5. The Kier molecular flexibility index (Phi) is 8.96. The SMILES string of the molecule is COCCOc1c(-c2c(C#N)cccc2OC(F)F)cc(C(=O)Nc2nnc(-n3nccc3NC(C)=O)s2)oc1=O. The van der Waals surface area contributed by atoms with Gasteiger partial charge in [-0.3, -0.25) is 14.9 Å². The van der Waals surface area contributed by atoms with E-state index in [1.165, 1.54) is 49.2 Å². The molecule has 0 aliphatic heterocycles. The average Bonchev–Trinajstić information content (AvgIpc) is 3.58. The van der Waals surface area contributed by atoms with Gasteiger partial charge < -0.3 is 23.9 Å². The van der Waals surface area contributed by atoms with Crippen LogP contribution in [0.4, 0.5) is 19.7 Å². The van der Waals surface area contributed by atoms with Crippen LogP contribution in [0.15, 0.2) is 45.7 Å². The van der Waals surface area contributed by atoms with Gasteiger partial charge in [-0.05, 0) is 18.2 Å². The van der Waals surface area contributed by atoms with Crippen LogP contribution in [0.1, 0.15) is 23.0 Å². The lowest BCUT2D eigenvalue weighted by molar-refractivity contribution is -0.114. The van der Waals surface area contributed by atoms with Crippen molar-refractivity contribution in [3.05, 3.63) is 58.3 Å². The number of anilines is 2. The second-order valence-corrected chi connectivity index (χ2v) is 8.76. The van der Waals surface area contributed by atoms with Crippen molar-refractivity contribution in [3.63, 3.8) is 0 Å². The van der Waals surface area contributed by atoms with Gasteiger partial charge in [0.15, 0.2) is 5.76 Å². The first-order valence-corrected chi connectivity index (χ1v) is 12.3. The van der Waals surface area contributed by atoms with Crippen molar-refractivity contribution in [2.75, 3.05) is 31.0 Å². The molecule has 0 aliphatic rings. The Morgan fingerprint density at radius 3 is 2.73 bits per heavy atom. The smallest absolute Gasteiger partial charge is 0.387 e. The van der Waals surface area contributed by atoms with Crippen LogP contribution in [0.3, 0.4) is 0 Å². The fourth-order valence-electron chi connectivity index (χ4n) is 3.48. The van der Waals surface area contributed by atoms with Gasteiger partial charge in [0.1, 0.15) is 18.2 Å². The average molecular weight is 588 g/mol. The summed E-state index contributed by atoms with van der Waals surface area (Å²) in [5.41, 5.74) is -1.69. The predicted molar refractivity (Wildman–Crippen MR) is 138 cm³/mol. The molecule has 0 saturated carbocycles. The first-order chi connectivity index (χ1) is 19.7. The van der Waals surface area contributed by atoms with Crippen LogP contribution < -0.4 is 25.7 Å². The molecule has 4 rings (SSSR count). The summed E-state index contributed by atoms with van der Waals surface area (Å²) >= 11 is 0.882. The molecule has 14 nitrogen and oxygen atoms in total. The van der Waals surface area contributed by atoms with E-state index >= 15 is 0 Å². The number of nitrogens with zero attached hydrogens (tertiary/aromatic N) is 5. The Hall–Kier alpha value is -5.21. The van der Waals surface area contributed by atoms with Gasteiger partial charge in [-0.25, -0.2) is 4.79 Å². The molecule has 3 aromatic heterocycles. The van der Waals surface area contributed by atoms with Gasteiger partial charge in [-0.1, -0.05) is 17.4 Å². The third-order valence-electron chi connectivity index (χ3n) is 5.06. The highest BCUT2D eigenvalue weighted by Gasteiger charge is 2.25. The fourth-order valence-corrected chi connectivity index (χ4v) is 4.19. The van der Waals surface area contributed by atoms with E-state index in [4.69, 9.17) is 13.9 Å². The number of nitrogens with one attached hydrogen (secondary N) is 2. The van der Waals surface area contributed by atoms with Crippen LogP contribution in [0.2, 0.25) is 0 Å². The van der Waals surface area contributed by atoms with Crippen LogP contribution in [0.5, 0.6) is 11.5 Å². The number of hydrogen-bond donors (Lipinski definition) is 2. The van der Waals surface area contributed by atoms with E-state index in [2.05, 4.69) is 30.7 Å². The molecule has 0 bridgehead atoms. The second-order valence-electron chi connectivity index (χ2n) is 7.80. The lowest BCUT2D eigenvalue weighted by atomic mass is 9.98. The van der Waals surface area contributed by atoms with Gasteiger partial charge in [-0.15, -0.1) is 10.2 Å². The monoisotopic (exact) mass is 587 g/mol. The summed E-state index contributed by atoms with van der Waals surface area (Å²) in [4.78, 5) is 37.4. The highest BCUT2D eigenvalue weighted by atomic mass is 32.1. The number of nitriles is 1. The van der Waals surface area contributed by atoms with Gasteiger partial charge in [0.05, 0.1) is 24.4 Å². The number of amides is 2. The minimum atomic E-state index is -3.25. The second kappa shape index (κ2) is 12.8. The molecule has 0 radical (unpaired) electrons. The molecule has 1 aromatic carbocycles. The topological polar surface area (TPSA) is 183 Å².